The van der Waals surface area contributed by atoms with E-state index >= 15 is 0 Å². The van der Waals surface area contributed by atoms with Crippen LogP contribution in [0.5, 0.6) is 0 Å². The minimum absolute atomic E-state index is 0.439. The van der Waals surface area contributed by atoms with E-state index in [-0.39, 0.29) is 0 Å². The molecule has 3 atom stereocenters. The quantitative estimate of drug-likeness (QED) is 0.865. The predicted molar refractivity (Wildman–Crippen MR) is 88.3 cm³/mol. The van der Waals surface area contributed by atoms with Crippen molar-refractivity contribution in [1.82, 2.24) is 4.90 Å². The molecule has 2 nitrogen and oxygen atoms in total. The molecule has 0 radical (unpaired) electrons. The van der Waals surface area contributed by atoms with E-state index in [0.29, 0.717) is 17.0 Å². The first-order valence-electron chi connectivity index (χ1n) is 7.92. The lowest BCUT2D eigenvalue weighted by Gasteiger charge is -2.48. The molecule has 1 aromatic rings. The fraction of sp³-hybridized carbons (Fsp3) is 0.647. The Morgan fingerprint density at radius 1 is 1.33 bits per heavy atom. The van der Waals surface area contributed by atoms with Gasteiger partial charge in [0, 0.05) is 29.2 Å². The normalized spacial score (nSPS) is 33.7. The molecule has 0 saturated carbocycles. The molecular weight excluding hydrogens is 305 g/mol. The smallest absolute Gasteiger partial charge is 0.0672 e. The third kappa shape index (κ3) is 3.24. The molecule has 2 saturated heterocycles. The van der Waals surface area contributed by atoms with E-state index in [0.717, 1.165) is 50.2 Å². The molecule has 2 heterocycles. The Morgan fingerprint density at radius 2 is 2.14 bits per heavy atom. The first kappa shape index (κ1) is 15.6. The maximum atomic E-state index is 10.5. The van der Waals surface area contributed by atoms with Crippen LogP contribution in [0.25, 0.3) is 0 Å². The predicted octanol–water partition coefficient (Wildman–Crippen LogP) is 4.48. The Bertz CT molecular complexity index is 522. The van der Waals surface area contributed by atoms with Gasteiger partial charge in [0.15, 0.2) is 0 Å². The number of nitrogens with zero attached hydrogens (tertiary/aromatic N) is 1. The molecule has 2 aliphatic heterocycles. The minimum Gasteiger partial charge on any atom is -0.390 e. The van der Waals surface area contributed by atoms with Crippen molar-refractivity contribution in [3.05, 3.63) is 33.8 Å². The highest BCUT2D eigenvalue weighted by Gasteiger charge is 2.40. The van der Waals surface area contributed by atoms with E-state index in [1.165, 1.54) is 5.56 Å². The van der Waals surface area contributed by atoms with Gasteiger partial charge in [0.05, 0.1) is 5.60 Å². The lowest BCUT2D eigenvalue weighted by molar-refractivity contribution is -0.0611. The van der Waals surface area contributed by atoms with Gasteiger partial charge < -0.3 is 5.11 Å². The molecule has 116 valence electrons. The molecule has 1 N–H and O–H groups in total. The Balaban J connectivity index is 1.71. The first-order chi connectivity index (χ1) is 10.0. The number of hydrogen-bond acceptors (Lipinski definition) is 2. The van der Waals surface area contributed by atoms with Gasteiger partial charge >= 0.3 is 0 Å². The fourth-order valence-electron chi connectivity index (χ4n) is 3.90. The molecule has 3 rings (SSSR count). The third-order valence-electron chi connectivity index (χ3n) is 5.36. The monoisotopic (exact) mass is 327 g/mol. The van der Waals surface area contributed by atoms with Crippen molar-refractivity contribution < 1.29 is 5.11 Å². The van der Waals surface area contributed by atoms with E-state index < -0.39 is 5.60 Å². The summed E-state index contributed by atoms with van der Waals surface area (Å²) >= 11 is 12.4. The van der Waals surface area contributed by atoms with Crippen LogP contribution < -0.4 is 0 Å². The molecule has 21 heavy (non-hydrogen) atoms. The van der Waals surface area contributed by atoms with Crippen LogP contribution in [0.15, 0.2) is 18.2 Å². The SMILES string of the molecule is CC[C@@]1(O)CCN2C[C@H](c3ccc(Cl)cc3Cl)CC[C@H]2C1. The van der Waals surface area contributed by atoms with Crippen molar-refractivity contribution in [2.75, 3.05) is 13.1 Å². The average Bonchev–Trinajstić information content (AvgIpc) is 2.47. The van der Waals surface area contributed by atoms with Gasteiger partial charge in [0.25, 0.3) is 0 Å². The summed E-state index contributed by atoms with van der Waals surface area (Å²) in [7, 11) is 0. The van der Waals surface area contributed by atoms with Crippen LogP contribution in [-0.4, -0.2) is 34.7 Å². The lowest BCUT2D eigenvalue weighted by atomic mass is 9.78. The molecule has 1 aromatic carbocycles. The standard InChI is InChI=1S/C17H23Cl2NO/c1-2-17(21)7-8-20-11-12(3-5-14(20)10-17)15-6-4-13(18)9-16(15)19/h4,6,9,12,14,21H,2-3,5,7-8,10-11H2,1H3/t12-,14+,17-/m1/s1. The second kappa shape index (κ2) is 6.08. The Morgan fingerprint density at radius 3 is 2.86 bits per heavy atom. The molecular formula is C17H23Cl2NO. The Kier molecular flexibility index (Phi) is 4.52. The Hall–Kier alpha value is -0.280. The summed E-state index contributed by atoms with van der Waals surface area (Å²) in [6, 6.07) is 6.38. The molecule has 0 aliphatic carbocycles. The van der Waals surface area contributed by atoms with Gasteiger partial charge in [-0.2, -0.15) is 0 Å². The lowest BCUT2D eigenvalue weighted by Crippen LogP contribution is -2.53. The molecule has 0 spiro atoms. The zero-order valence-electron chi connectivity index (χ0n) is 12.5. The van der Waals surface area contributed by atoms with Crippen molar-refractivity contribution in [1.29, 1.82) is 0 Å². The van der Waals surface area contributed by atoms with Crippen molar-refractivity contribution in [3.63, 3.8) is 0 Å². The molecule has 0 amide bonds. The molecule has 0 aromatic heterocycles. The summed E-state index contributed by atoms with van der Waals surface area (Å²) in [6.07, 6.45) is 4.96. The third-order valence-corrected chi connectivity index (χ3v) is 5.92. The maximum Gasteiger partial charge on any atom is 0.0672 e. The summed E-state index contributed by atoms with van der Waals surface area (Å²) in [5.74, 6) is 0.485. The summed E-state index contributed by atoms with van der Waals surface area (Å²) in [5.41, 5.74) is 0.780. The van der Waals surface area contributed by atoms with E-state index in [4.69, 9.17) is 23.2 Å². The van der Waals surface area contributed by atoms with Crippen molar-refractivity contribution >= 4 is 23.2 Å². The highest BCUT2D eigenvalue weighted by molar-refractivity contribution is 6.35. The van der Waals surface area contributed by atoms with Crippen molar-refractivity contribution in [3.8, 4) is 0 Å². The largest absolute Gasteiger partial charge is 0.390 e. The van der Waals surface area contributed by atoms with E-state index in [1.54, 1.807) is 0 Å². The van der Waals surface area contributed by atoms with Crippen LogP contribution in [0.1, 0.15) is 50.5 Å². The second-order valence-corrected chi connectivity index (χ2v) is 7.46. The second-order valence-electron chi connectivity index (χ2n) is 6.62. The number of halogens is 2. The number of fused-ring (bicyclic) bond motifs is 1. The number of benzene rings is 1. The van der Waals surface area contributed by atoms with E-state index in [9.17, 15) is 5.11 Å². The number of piperidine rings is 2. The van der Waals surface area contributed by atoms with Gasteiger partial charge in [-0.3, -0.25) is 4.90 Å². The van der Waals surface area contributed by atoms with Crippen LogP contribution in [0.2, 0.25) is 10.0 Å². The van der Waals surface area contributed by atoms with Crippen molar-refractivity contribution in [2.24, 2.45) is 0 Å². The van der Waals surface area contributed by atoms with Crippen molar-refractivity contribution in [2.45, 2.75) is 56.6 Å². The van der Waals surface area contributed by atoms with Gasteiger partial charge in [-0.15, -0.1) is 0 Å². The molecule has 2 fully saturated rings. The van der Waals surface area contributed by atoms with Gasteiger partial charge in [0.1, 0.15) is 0 Å². The summed E-state index contributed by atoms with van der Waals surface area (Å²) in [6.45, 7) is 4.14. The van der Waals surface area contributed by atoms with E-state index in [2.05, 4.69) is 17.9 Å². The maximum absolute atomic E-state index is 10.5. The number of aliphatic hydroxyl groups is 1. The molecule has 0 unspecified atom stereocenters. The van der Waals surface area contributed by atoms with Crippen LogP contribution >= 0.6 is 23.2 Å². The minimum atomic E-state index is -0.439. The molecule has 2 aliphatic rings. The Labute approximate surface area is 137 Å². The summed E-state index contributed by atoms with van der Waals surface area (Å²) in [4.78, 5) is 2.54. The van der Waals surface area contributed by atoms with E-state index in [1.807, 2.05) is 12.1 Å². The summed E-state index contributed by atoms with van der Waals surface area (Å²) < 4.78 is 0. The highest BCUT2D eigenvalue weighted by Crippen LogP contribution is 2.40. The zero-order chi connectivity index (χ0) is 15.0. The topological polar surface area (TPSA) is 23.5 Å². The molecule has 0 bridgehead atoms. The van der Waals surface area contributed by atoms with Gasteiger partial charge in [-0.05, 0) is 55.7 Å². The summed E-state index contributed by atoms with van der Waals surface area (Å²) in [5, 5.41) is 12.0. The fourth-order valence-corrected chi connectivity index (χ4v) is 4.47. The van der Waals surface area contributed by atoms with Gasteiger partial charge in [-0.1, -0.05) is 36.2 Å². The highest BCUT2D eigenvalue weighted by atomic mass is 35.5. The molecule has 4 heteroatoms. The first-order valence-corrected chi connectivity index (χ1v) is 8.68. The zero-order valence-corrected chi connectivity index (χ0v) is 14.0. The van der Waals surface area contributed by atoms with Crippen LogP contribution in [-0.2, 0) is 0 Å². The average molecular weight is 328 g/mol. The van der Waals surface area contributed by atoms with Crippen LogP contribution in [0.3, 0.4) is 0 Å². The van der Waals surface area contributed by atoms with Crippen LogP contribution in [0.4, 0.5) is 0 Å². The van der Waals surface area contributed by atoms with Gasteiger partial charge in [-0.25, -0.2) is 0 Å². The number of rotatable bonds is 2. The van der Waals surface area contributed by atoms with Crippen LogP contribution in [0, 0.1) is 0 Å². The number of hydrogen-bond donors (Lipinski definition) is 1. The van der Waals surface area contributed by atoms with Gasteiger partial charge in [0.2, 0.25) is 0 Å².